The molecule has 1 aliphatic rings. The van der Waals surface area contributed by atoms with Crippen molar-refractivity contribution in [3.63, 3.8) is 0 Å². The van der Waals surface area contributed by atoms with Crippen molar-refractivity contribution in [1.82, 2.24) is 14.7 Å². The standard InChI is InChI=1S/C22H16F7N5O2/c23-14-3-1-2-10(8-14)16-15(19(30)35)18-17(33(20(31)36)4-5-34(18)32-16)11-6-12(21(24,25)26)9-13(7-11)22(27,28)29/h1-3,6-9,17H,4-5H2,(H2,30,35)(H2,31,36). The van der Waals surface area contributed by atoms with E-state index in [1.54, 1.807) is 0 Å². The molecule has 7 nitrogen and oxygen atoms in total. The second-order valence-electron chi connectivity index (χ2n) is 7.98. The first-order chi connectivity index (χ1) is 16.7. The Morgan fingerprint density at radius 2 is 1.53 bits per heavy atom. The van der Waals surface area contributed by atoms with Crippen LogP contribution in [0.3, 0.4) is 0 Å². The van der Waals surface area contributed by atoms with E-state index in [2.05, 4.69) is 5.10 Å². The van der Waals surface area contributed by atoms with Crippen LogP contribution in [-0.4, -0.2) is 33.2 Å². The SMILES string of the molecule is NC(=O)c1c(-c2cccc(F)c2)nn2c1C(c1cc(C(F)(F)F)cc(C(F)(F)F)c1)N(C(N)=O)CC2. The number of rotatable bonds is 3. The molecule has 0 bridgehead atoms. The van der Waals surface area contributed by atoms with Gasteiger partial charge in [-0.2, -0.15) is 31.4 Å². The second kappa shape index (κ2) is 8.53. The summed E-state index contributed by atoms with van der Waals surface area (Å²) in [5, 5.41) is 4.22. The van der Waals surface area contributed by atoms with Gasteiger partial charge in [-0.1, -0.05) is 12.1 Å². The number of alkyl halides is 6. The zero-order chi connectivity index (χ0) is 26.6. The van der Waals surface area contributed by atoms with Gasteiger partial charge in [-0.25, -0.2) is 9.18 Å². The van der Waals surface area contributed by atoms with E-state index in [0.29, 0.717) is 12.1 Å². The predicted molar refractivity (Wildman–Crippen MR) is 111 cm³/mol. The number of aromatic nitrogens is 2. The van der Waals surface area contributed by atoms with E-state index < -0.39 is 58.4 Å². The van der Waals surface area contributed by atoms with Crippen LogP contribution in [0.25, 0.3) is 11.3 Å². The van der Waals surface area contributed by atoms with Gasteiger partial charge in [0.25, 0.3) is 5.91 Å². The molecule has 36 heavy (non-hydrogen) atoms. The largest absolute Gasteiger partial charge is 0.416 e. The maximum absolute atomic E-state index is 13.9. The highest BCUT2D eigenvalue weighted by Crippen LogP contribution is 2.42. The minimum absolute atomic E-state index is 0.0641. The fraction of sp³-hybridized carbons (Fsp3) is 0.227. The Hall–Kier alpha value is -4.10. The van der Waals surface area contributed by atoms with Crippen molar-refractivity contribution in [3.05, 3.63) is 76.2 Å². The first kappa shape index (κ1) is 25.0. The van der Waals surface area contributed by atoms with E-state index in [0.717, 1.165) is 21.7 Å². The normalized spacial score (nSPS) is 16.1. The maximum Gasteiger partial charge on any atom is 0.416 e. The highest BCUT2D eigenvalue weighted by molar-refractivity contribution is 6.00. The molecule has 3 aromatic rings. The number of amides is 3. The summed E-state index contributed by atoms with van der Waals surface area (Å²) in [7, 11) is 0. The molecule has 0 saturated heterocycles. The van der Waals surface area contributed by atoms with E-state index in [1.807, 2.05) is 0 Å². The third-order valence-electron chi connectivity index (χ3n) is 5.67. The summed E-state index contributed by atoms with van der Waals surface area (Å²) in [4.78, 5) is 25.5. The summed E-state index contributed by atoms with van der Waals surface area (Å²) in [5.74, 6) is -1.84. The van der Waals surface area contributed by atoms with E-state index >= 15 is 0 Å². The van der Waals surface area contributed by atoms with E-state index in [1.165, 1.54) is 12.1 Å². The number of primary amides is 2. The third-order valence-corrected chi connectivity index (χ3v) is 5.67. The summed E-state index contributed by atoms with van der Waals surface area (Å²) in [6, 6.07) is 2.79. The van der Waals surface area contributed by atoms with Crippen LogP contribution in [0.15, 0.2) is 42.5 Å². The average Bonchev–Trinajstić information content (AvgIpc) is 3.17. The Labute approximate surface area is 198 Å². The van der Waals surface area contributed by atoms with Gasteiger partial charge in [0.05, 0.1) is 28.9 Å². The molecular weight excluding hydrogens is 499 g/mol. The van der Waals surface area contributed by atoms with Crippen molar-refractivity contribution in [2.45, 2.75) is 24.9 Å². The Morgan fingerprint density at radius 1 is 0.917 bits per heavy atom. The first-order valence-corrected chi connectivity index (χ1v) is 10.2. The van der Waals surface area contributed by atoms with Crippen molar-refractivity contribution in [1.29, 1.82) is 0 Å². The molecule has 190 valence electrons. The van der Waals surface area contributed by atoms with Gasteiger partial charge < -0.3 is 16.4 Å². The molecule has 2 heterocycles. The molecule has 1 unspecified atom stereocenters. The number of fused-ring (bicyclic) bond motifs is 1. The molecule has 4 rings (SSSR count). The number of urea groups is 1. The van der Waals surface area contributed by atoms with Crippen molar-refractivity contribution in [2.24, 2.45) is 11.5 Å². The molecule has 0 spiro atoms. The molecule has 0 aliphatic carbocycles. The van der Waals surface area contributed by atoms with Gasteiger partial charge in [0.2, 0.25) is 0 Å². The lowest BCUT2D eigenvalue weighted by atomic mass is 9.92. The van der Waals surface area contributed by atoms with Crippen LogP contribution in [0.5, 0.6) is 0 Å². The molecule has 1 atom stereocenters. The lowest BCUT2D eigenvalue weighted by molar-refractivity contribution is -0.143. The molecule has 14 heteroatoms. The number of hydrogen-bond acceptors (Lipinski definition) is 3. The zero-order valence-electron chi connectivity index (χ0n) is 18.0. The van der Waals surface area contributed by atoms with Gasteiger partial charge in [0, 0.05) is 12.1 Å². The fourth-order valence-electron chi connectivity index (χ4n) is 4.20. The Morgan fingerprint density at radius 3 is 2.03 bits per heavy atom. The average molecular weight is 515 g/mol. The molecule has 2 aromatic carbocycles. The van der Waals surface area contributed by atoms with Gasteiger partial charge >= 0.3 is 18.4 Å². The first-order valence-electron chi connectivity index (χ1n) is 10.2. The smallest absolute Gasteiger partial charge is 0.365 e. The van der Waals surface area contributed by atoms with Gasteiger partial charge in [-0.3, -0.25) is 9.48 Å². The number of benzene rings is 2. The van der Waals surface area contributed by atoms with Crippen molar-refractivity contribution >= 4 is 11.9 Å². The lowest BCUT2D eigenvalue weighted by Crippen LogP contribution is -2.46. The third kappa shape index (κ3) is 4.45. The molecule has 1 aromatic heterocycles. The highest BCUT2D eigenvalue weighted by Gasteiger charge is 2.42. The number of carbonyl (C=O) groups excluding carboxylic acids is 2. The second-order valence-corrected chi connectivity index (χ2v) is 7.98. The monoisotopic (exact) mass is 515 g/mol. The molecule has 1 aliphatic heterocycles. The van der Waals surface area contributed by atoms with E-state index in [9.17, 15) is 40.3 Å². The van der Waals surface area contributed by atoms with Crippen LogP contribution < -0.4 is 11.5 Å². The number of carbonyl (C=O) groups is 2. The van der Waals surface area contributed by atoms with Crippen LogP contribution in [0.4, 0.5) is 35.5 Å². The maximum atomic E-state index is 13.9. The predicted octanol–water partition coefficient (Wildman–Crippen LogP) is 4.31. The summed E-state index contributed by atoms with van der Waals surface area (Å²) in [6.07, 6.45) is -10.3. The molecule has 0 fully saturated rings. The van der Waals surface area contributed by atoms with Crippen molar-refractivity contribution < 1.29 is 40.3 Å². The molecule has 0 radical (unpaired) electrons. The van der Waals surface area contributed by atoms with Crippen molar-refractivity contribution in [2.75, 3.05) is 6.54 Å². The minimum Gasteiger partial charge on any atom is -0.365 e. The van der Waals surface area contributed by atoms with Crippen LogP contribution in [0.1, 0.15) is 38.8 Å². The Bertz CT molecular complexity index is 1330. The number of nitrogens with two attached hydrogens (primary N) is 2. The summed E-state index contributed by atoms with van der Waals surface area (Å²) < 4.78 is 96.1. The summed E-state index contributed by atoms with van der Waals surface area (Å²) in [5.41, 5.74) is 6.35. The fourth-order valence-corrected chi connectivity index (χ4v) is 4.20. The Kier molecular flexibility index (Phi) is 5.93. The van der Waals surface area contributed by atoms with Crippen molar-refractivity contribution in [3.8, 4) is 11.3 Å². The van der Waals surface area contributed by atoms with Gasteiger partial charge in [-0.15, -0.1) is 0 Å². The zero-order valence-corrected chi connectivity index (χ0v) is 18.0. The minimum atomic E-state index is -5.16. The highest BCUT2D eigenvalue weighted by atomic mass is 19.4. The molecule has 0 saturated carbocycles. The van der Waals surface area contributed by atoms with Gasteiger partial charge in [-0.05, 0) is 35.9 Å². The number of halogens is 7. The quantitative estimate of drug-likeness (QED) is 0.508. The molecular formula is C22H16F7N5O2. The topological polar surface area (TPSA) is 107 Å². The van der Waals surface area contributed by atoms with E-state index in [-0.39, 0.29) is 36.1 Å². The van der Waals surface area contributed by atoms with Gasteiger partial charge in [0.15, 0.2) is 0 Å². The van der Waals surface area contributed by atoms with Gasteiger partial charge in [0.1, 0.15) is 17.6 Å². The van der Waals surface area contributed by atoms with Crippen LogP contribution in [0.2, 0.25) is 0 Å². The Balaban J connectivity index is 2.04. The van der Waals surface area contributed by atoms with Crippen LogP contribution >= 0.6 is 0 Å². The van der Waals surface area contributed by atoms with Crippen LogP contribution in [-0.2, 0) is 18.9 Å². The number of nitrogens with zero attached hydrogens (tertiary/aromatic N) is 3. The summed E-state index contributed by atoms with van der Waals surface area (Å²) in [6.45, 7) is -0.372. The van der Waals surface area contributed by atoms with E-state index in [4.69, 9.17) is 11.5 Å². The number of hydrogen-bond donors (Lipinski definition) is 2. The lowest BCUT2D eigenvalue weighted by Gasteiger charge is -2.36. The van der Waals surface area contributed by atoms with Crippen LogP contribution in [0, 0.1) is 5.82 Å². The summed E-state index contributed by atoms with van der Waals surface area (Å²) >= 11 is 0. The molecule has 4 N–H and O–H groups in total. The molecule has 3 amide bonds.